The number of amides is 1. The van der Waals surface area contributed by atoms with E-state index in [0.29, 0.717) is 22.3 Å². The molecule has 17 heavy (non-hydrogen) atoms. The monoisotopic (exact) mass is 298 g/mol. The van der Waals surface area contributed by atoms with Crippen molar-refractivity contribution in [2.75, 3.05) is 5.32 Å². The van der Waals surface area contributed by atoms with Gasteiger partial charge in [-0.1, -0.05) is 0 Å². The van der Waals surface area contributed by atoms with E-state index in [9.17, 15) is 4.79 Å². The van der Waals surface area contributed by atoms with Gasteiger partial charge in [-0.2, -0.15) is 0 Å². The highest BCUT2D eigenvalue weighted by Crippen LogP contribution is 2.19. The van der Waals surface area contributed by atoms with Gasteiger partial charge < -0.3 is 10.6 Å². The highest BCUT2D eigenvalue weighted by Gasteiger charge is 2.25. The highest BCUT2D eigenvalue weighted by atomic mass is 79.9. The van der Waals surface area contributed by atoms with Crippen LogP contribution in [0.2, 0.25) is 0 Å². The van der Waals surface area contributed by atoms with E-state index in [1.807, 2.05) is 13.8 Å². The van der Waals surface area contributed by atoms with Gasteiger partial charge in [0, 0.05) is 12.1 Å². The number of nitrogens with one attached hydrogen (secondary N) is 2. The van der Waals surface area contributed by atoms with E-state index in [0.717, 1.165) is 12.8 Å². The van der Waals surface area contributed by atoms with Gasteiger partial charge in [0.2, 0.25) is 5.91 Å². The Hall–Kier alpha value is -1.17. The number of hydrogen-bond acceptors (Lipinski definition) is 4. The first-order valence-corrected chi connectivity index (χ1v) is 6.42. The van der Waals surface area contributed by atoms with Crippen molar-refractivity contribution in [1.29, 1.82) is 0 Å². The molecule has 0 aromatic carbocycles. The summed E-state index contributed by atoms with van der Waals surface area (Å²) in [7, 11) is 0. The molecule has 1 saturated carbocycles. The van der Waals surface area contributed by atoms with Gasteiger partial charge in [-0.15, -0.1) is 0 Å². The lowest BCUT2D eigenvalue weighted by molar-refractivity contribution is -0.121. The third kappa shape index (κ3) is 3.66. The van der Waals surface area contributed by atoms with E-state index in [1.54, 1.807) is 6.07 Å². The quantitative estimate of drug-likeness (QED) is 0.829. The summed E-state index contributed by atoms with van der Waals surface area (Å²) in [5.74, 6) is 1.33. The van der Waals surface area contributed by atoms with Crippen molar-refractivity contribution in [2.24, 2.45) is 0 Å². The summed E-state index contributed by atoms with van der Waals surface area (Å²) in [6.07, 6.45) is 2.19. The fourth-order valence-electron chi connectivity index (χ4n) is 1.45. The van der Waals surface area contributed by atoms with Gasteiger partial charge in [0.25, 0.3) is 0 Å². The second-order valence-corrected chi connectivity index (χ2v) is 5.08. The van der Waals surface area contributed by atoms with Crippen molar-refractivity contribution in [3.63, 3.8) is 0 Å². The second kappa shape index (κ2) is 5.00. The van der Waals surface area contributed by atoms with Crippen molar-refractivity contribution in [3.05, 3.63) is 16.5 Å². The van der Waals surface area contributed by atoms with E-state index in [1.165, 1.54) is 0 Å². The molecule has 6 heteroatoms. The number of rotatable bonds is 4. The number of hydrogen-bond donors (Lipinski definition) is 2. The topological polar surface area (TPSA) is 66.9 Å². The Morgan fingerprint density at radius 3 is 2.82 bits per heavy atom. The van der Waals surface area contributed by atoms with Gasteiger partial charge in [0.1, 0.15) is 22.3 Å². The summed E-state index contributed by atoms with van der Waals surface area (Å²) in [5, 5.41) is 6.01. The van der Waals surface area contributed by atoms with Crippen LogP contribution < -0.4 is 10.6 Å². The molecule has 0 saturated heterocycles. The number of nitrogens with zero attached hydrogens (tertiary/aromatic N) is 2. The van der Waals surface area contributed by atoms with Crippen LogP contribution in [0.15, 0.2) is 10.7 Å². The summed E-state index contributed by atoms with van der Waals surface area (Å²) in [5.41, 5.74) is 0. The van der Waals surface area contributed by atoms with Crippen LogP contribution in [0.5, 0.6) is 0 Å². The molecule has 2 rings (SSSR count). The maximum atomic E-state index is 11.7. The molecule has 2 N–H and O–H groups in total. The molecule has 1 amide bonds. The number of anilines is 1. The van der Waals surface area contributed by atoms with Crippen molar-refractivity contribution >= 4 is 27.7 Å². The first-order valence-electron chi connectivity index (χ1n) is 5.62. The molecule has 1 aromatic rings. The van der Waals surface area contributed by atoms with Crippen LogP contribution in [0.4, 0.5) is 5.82 Å². The van der Waals surface area contributed by atoms with E-state index in [2.05, 4.69) is 36.5 Å². The zero-order valence-electron chi connectivity index (χ0n) is 9.83. The maximum Gasteiger partial charge on any atom is 0.242 e. The second-order valence-electron chi connectivity index (χ2n) is 4.27. The lowest BCUT2D eigenvalue weighted by Crippen LogP contribution is -2.38. The fourth-order valence-corrected chi connectivity index (χ4v) is 1.92. The van der Waals surface area contributed by atoms with Gasteiger partial charge in [0.05, 0.1) is 0 Å². The minimum atomic E-state index is -0.295. The first-order chi connectivity index (χ1) is 8.04. The van der Waals surface area contributed by atoms with Crippen molar-refractivity contribution in [1.82, 2.24) is 15.3 Å². The van der Waals surface area contributed by atoms with Gasteiger partial charge in [-0.05, 0) is 42.6 Å². The molecule has 92 valence electrons. The minimum absolute atomic E-state index is 0.0138. The predicted molar refractivity (Wildman–Crippen MR) is 68.7 cm³/mol. The molecular weight excluding hydrogens is 284 g/mol. The summed E-state index contributed by atoms with van der Waals surface area (Å²) in [6.45, 7) is 3.63. The molecule has 1 aliphatic carbocycles. The van der Waals surface area contributed by atoms with Crippen LogP contribution in [0.3, 0.4) is 0 Å². The molecule has 5 nitrogen and oxygen atoms in total. The van der Waals surface area contributed by atoms with Gasteiger partial charge >= 0.3 is 0 Å². The van der Waals surface area contributed by atoms with Crippen LogP contribution in [0, 0.1) is 6.92 Å². The van der Waals surface area contributed by atoms with Crippen LogP contribution in [0.25, 0.3) is 0 Å². The van der Waals surface area contributed by atoms with E-state index >= 15 is 0 Å². The number of aryl methyl sites for hydroxylation is 1. The highest BCUT2D eigenvalue weighted by molar-refractivity contribution is 9.10. The Kier molecular flexibility index (Phi) is 3.61. The Labute approximate surface area is 109 Å². The lowest BCUT2D eigenvalue weighted by Gasteiger charge is -2.14. The van der Waals surface area contributed by atoms with Crippen molar-refractivity contribution in [2.45, 2.75) is 38.8 Å². The number of aromatic nitrogens is 2. The van der Waals surface area contributed by atoms with Crippen LogP contribution >= 0.6 is 15.9 Å². The number of halogens is 1. The molecule has 0 spiro atoms. The van der Waals surface area contributed by atoms with E-state index in [-0.39, 0.29) is 11.9 Å². The lowest BCUT2D eigenvalue weighted by atomic mass is 10.3. The van der Waals surface area contributed by atoms with E-state index < -0.39 is 0 Å². The SMILES string of the molecule is Cc1nc(Br)cc(NC(C)C(=O)NC2CC2)n1. The van der Waals surface area contributed by atoms with Gasteiger partial charge in [0.15, 0.2) is 0 Å². The Bertz CT molecular complexity index is 413. The molecule has 1 aromatic heterocycles. The Morgan fingerprint density at radius 1 is 1.53 bits per heavy atom. The molecule has 1 fully saturated rings. The number of carbonyl (C=O) groups is 1. The van der Waals surface area contributed by atoms with Crippen LogP contribution in [0.1, 0.15) is 25.6 Å². The largest absolute Gasteiger partial charge is 0.358 e. The van der Waals surface area contributed by atoms with E-state index in [4.69, 9.17) is 0 Å². The van der Waals surface area contributed by atoms with Gasteiger partial charge in [-0.25, -0.2) is 9.97 Å². The molecule has 0 bridgehead atoms. The third-order valence-corrected chi connectivity index (χ3v) is 2.89. The average Bonchev–Trinajstić information content (AvgIpc) is 2.99. The number of carbonyl (C=O) groups excluding carboxylic acids is 1. The maximum absolute atomic E-state index is 11.7. The average molecular weight is 299 g/mol. The normalized spacial score (nSPS) is 16.4. The summed E-state index contributed by atoms with van der Waals surface area (Å²) < 4.78 is 0.710. The summed E-state index contributed by atoms with van der Waals surface area (Å²) in [6, 6.07) is 1.84. The van der Waals surface area contributed by atoms with Crippen LogP contribution in [-0.4, -0.2) is 28.0 Å². The predicted octanol–water partition coefficient (Wildman–Crippen LogP) is 1.63. The van der Waals surface area contributed by atoms with Crippen molar-refractivity contribution < 1.29 is 4.79 Å². The van der Waals surface area contributed by atoms with Gasteiger partial charge in [-0.3, -0.25) is 4.79 Å². The van der Waals surface area contributed by atoms with Crippen LogP contribution in [-0.2, 0) is 4.79 Å². The molecule has 1 heterocycles. The standard InChI is InChI=1S/C11H15BrN4O/c1-6(11(17)16-8-3-4-8)13-10-5-9(12)14-7(2)15-10/h5-6,8H,3-4H2,1-2H3,(H,16,17)(H,13,14,15). The molecule has 0 aliphatic heterocycles. The molecule has 1 atom stereocenters. The molecule has 1 aliphatic rings. The zero-order valence-corrected chi connectivity index (χ0v) is 11.4. The Balaban J connectivity index is 1.96. The first kappa shape index (κ1) is 12.3. The zero-order chi connectivity index (χ0) is 12.4. The third-order valence-electron chi connectivity index (χ3n) is 2.49. The molecule has 1 unspecified atom stereocenters. The molecule has 0 radical (unpaired) electrons. The summed E-state index contributed by atoms with van der Waals surface area (Å²) >= 11 is 3.30. The molecular formula is C11H15BrN4O. The Morgan fingerprint density at radius 2 is 2.24 bits per heavy atom. The summed E-state index contributed by atoms with van der Waals surface area (Å²) in [4.78, 5) is 20.1. The fraction of sp³-hybridized carbons (Fsp3) is 0.545. The minimum Gasteiger partial charge on any atom is -0.358 e. The van der Waals surface area contributed by atoms with Crippen molar-refractivity contribution in [3.8, 4) is 0 Å². The smallest absolute Gasteiger partial charge is 0.242 e.